The van der Waals surface area contributed by atoms with Crippen molar-refractivity contribution >= 4 is 60.8 Å². The topological polar surface area (TPSA) is 18.1 Å². The van der Waals surface area contributed by atoms with Crippen LogP contribution < -0.4 is 4.48 Å². The number of quaternary nitrogens is 1. The van der Waals surface area contributed by atoms with Crippen molar-refractivity contribution in [1.82, 2.24) is 9.05 Å². The largest absolute Gasteiger partial charge is 0.456 e. The van der Waals surface area contributed by atoms with Gasteiger partial charge in [-0.3, -0.25) is 0 Å². The quantitative estimate of drug-likeness (QED) is 0.188. The summed E-state index contributed by atoms with van der Waals surface area (Å²) in [6, 6.07) is 57.0. The molecular formula is C43H29N2O+. The highest BCUT2D eigenvalue weighted by atomic mass is 16.3. The lowest BCUT2D eigenvalue weighted by Crippen LogP contribution is -2.31. The third-order valence-electron chi connectivity index (χ3n) is 10.0. The summed E-state index contributed by atoms with van der Waals surface area (Å²) in [7, 11) is 2.36. The monoisotopic (exact) mass is 589 g/mol. The Labute approximate surface area is 266 Å². The lowest BCUT2D eigenvalue weighted by atomic mass is 10.0. The molecule has 3 heteroatoms. The number of hydrogen-bond donors (Lipinski definition) is 0. The van der Waals surface area contributed by atoms with E-state index in [1.807, 2.05) is 12.1 Å². The van der Waals surface area contributed by atoms with Gasteiger partial charge in [0.25, 0.3) is 0 Å². The highest BCUT2D eigenvalue weighted by Gasteiger charge is 2.44. The van der Waals surface area contributed by atoms with E-state index in [-0.39, 0.29) is 0 Å². The zero-order chi connectivity index (χ0) is 30.4. The van der Waals surface area contributed by atoms with Gasteiger partial charge in [0.1, 0.15) is 16.9 Å². The van der Waals surface area contributed by atoms with Gasteiger partial charge in [0, 0.05) is 51.7 Å². The SMILES string of the molecule is C[N+]1(c2ccc(-c3ccccc3)cc2)c2ccccc2-c2ccc3c(c21)c1ccccc1n3-c1ccc2c(c1)oc1ccccc12. The van der Waals surface area contributed by atoms with Crippen molar-refractivity contribution in [1.29, 1.82) is 0 Å². The standard InChI is InChI=1S/C43H29N2O/c1-45(31-22-19-29(20-23-31)28-11-3-2-4-12-28)39-17-9-6-13-32(39)35-25-26-38-42(43(35)45)36-15-5-8-16-37(36)44(38)30-21-24-34-33-14-7-10-18-40(33)46-41(34)27-30/h2-27H,1H3/q+1. The summed E-state index contributed by atoms with van der Waals surface area (Å²) in [6.07, 6.45) is 0. The predicted molar refractivity (Wildman–Crippen MR) is 192 cm³/mol. The minimum atomic E-state index is 0.592. The molecular weight excluding hydrogens is 560 g/mol. The zero-order valence-electron chi connectivity index (χ0n) is 25.3. The van der Waals surface area contributed by atoms with Crippen LogP contribution in [0.3, 0.4) is 0 Å². The zero-order valence-corrected chi connectivity index (χ0v) is 25.3. The number of fused-ring (bicyclic) bond motifs is 10. The molecule has 1 unspecified atom stereocenters. The first kappa shape index (κ1) is 25.4. The summed E-state index contributed by atoms with van der Waals surface area (Å²) in [5, 5.41) is 4.81. The Morgan fingerprint density at radius 1 is 0.500 bits per heavy atom. The van der Waals surface area contributed by atoms with E-state index in [1.165, 1.54) is 61.1 Å². The Hall–Kier alpha value is -5.90. The number of furan rings is 1. The maximum atomic E-state index is 6.35. The van der Waals surface area contributed by atoms with Crippen LogP contribution >= 0.6 is 0 Å². The molecule has 0 saturated carbocycles. The summed E-state index contributed by atoms with van der Waals surface area (Å²) < 4.78 is 9.35. The molecule has 9 aromatic rings. The van der Waals surface area contributed by atoms with Crippen molar-refractivity contribution in [3.05, 3.63) is 158 Å². The van der Waals surface area contributed by atoms with Gasteiger partial charge in [-0.05, 0) is 65.7 Å². The van der Waals surface area contributed by atoms with Gasteiger partial charge in [-0.15, -0.1) is 0 Å². The number of para-hydroxylation sites is 3. The molecule has 0 aliphatic carbocycles. The maximum Gasteiger partial charge on any atom is 0.161 e. The van der Waals surface area contributed by atoms with Crippen molar-refractivity contribution < 1.29 is 4.42 Å². The molecule has 3 nitrogen and oxygen atoms in total. The summed E-state index contributed by atoms with van der Waals surface area (Å²) >= 11 is 0. The predicted octanol–water partition coefficient (Wildman–Crippen LogP) is 11.9. The number of hydrogen-bond acceptors (Lipinski definition) is 1. The van der Waals surface area contributed by atoms with E-state index in [4.69, 9.17) is 4.42 Å². The van der Waals surface area contributed by atoms with Crippen LogP contribution in [0.1, 0.15) is 0 Å². The first-order valence-corrected chi connectivity index (χ1v) is 15.8. The smallest absolute Gasteiger partial charge is 0.161 e. The average Bonchev–Trinajstić information content (AvgIpc) is 3.75. The molecule has 0 radical (unpaired) electrons. The van der Waals surface area contributed by atoms with E-state index in [0.717, 1.165) is 27.6 Å². The summed E-state index contributed by atoms with van der Waals surface area (Å²) in [5.41, 5.74) is 14.1. The van der Waals surface area contributed by atoms with E-state index in [9.17, 15) is 0 Å². The normalized spacial score (nSPS) is 15.6. The number of aromatic nitrogens is 1. The molecule has 1 aliphatic heterocycles. The Kier molecular flexibility index (Phi) is 5.14. The fourth-order valence-corrected chi connectivity index (χ4v) is 7.92. The minimum Gasteiger partial charge on any atom is -0.456 e. The molecule has 0 spiro atoms. The van der Waals surface area contributed by atoms with Crippen molar-refractivity contribution in [3.8, 4) is 27.9 Å². The summed E-state index contributed by atoms with van der Waals surface area (Å²) in [4.78, 5) is 0. The van der Waals surface area contributed by atoms with Crippen LogP contribution in [-0.4, -0.2) is 11.6 Å². The molecule has 1 atom stereocenters. The lowest BCUT2D eigenvalue weighted by Gasteiger charge is -2.31. The van der Waals surface area contributed by atoms with Crippen LogP contribution in [0.5, 0.6) is 0 Å². The molecule has 0 amide bonds. The second-order valence-electron chi connectivity index (χ2n) is 12.4. The molecule has 7 aromatic carbocycles. The molecule has 1 aliphatic rings. The highest BCUT2D eigenvalue weighted by molar-refractivity contribution is 6.21. The van der Waals surface area contributed by atoms with E-state index in [0.29, 0.717) is 4.48 Å². The van der Waals surface area contributed by atoms with Gasteiger partial charge in [0.05, 0.1) is 29.0 Å². The third-order valence-corrected chi connectivity index (χ3v) is 10.0. The molecule has 3 heterocycles. The van der Waals surface area contributed by atoms with Crippen LogP contribution in [0, 0.1) is 0 Å². The van der Waals surface area contributed by atoms with E-state index in [1.54, 1.807) is 0 Å². The van der Waals surface area contributed by atoms with E-state index >= 15 is 0 Å². The summed E-state index contributed by atoms with van der Waals surface area (Å²) in [5.74, 6) is 0. The van der Waals surface area contributed by atoms with Gasteiger partial charge >= 0.3 is 0 Å². The Morgan fingerprint density at radius 3 is 2.07 bits per heavy atom. The first-order chi connectivity index (χ1) is 22.7. The number of nitrogens with zero attached hydrogens (tertiary/aromatic N) is 2. The van der Waals surface area contributed by atoms with Gasteiger partial charge in [-0.2, -0.15) is 0 Å². The molecule has 216 valence electrons. The van der Waals surface area contributed by atoms with E-state index in [2.05, 4.69) is 157 Å². The van der Waals surface area contributed by atoms with Gasteiger partial charge in [-0.1, -0.05) is 78.9 Å². The molecule has 46 heavy (non-hydrogen) atoms. The Morgan fingerprint density at radius 2 is 1.20 bits per heavy atom. The maximum absolute atomic E-state index is 6.35. The van der Waals surface area contributed by atoms with Crippen LogP contribution in [0.2, 0.25) is 0 Å². The molecule has 0 fully saturated rings. The van der Waals surface area contributed by atoms with Gasteiger partial charge < -0.3 is 8.98 Å². The van der Waals surface area contributed by atoms with Gasteiger partial charge in [0.15, 0.2) is 11.4 Å². The van der Waals surface area contributed by atoms with Gasteiger partial charge in [0.2, 0.25) is 0 Å². The molecule has 0 saturated heterocycles. The summed E-state index contributed by atoms with van der Waals surface area (Å²) in [6.45, 7) is 0. The number of rotatable bonds is 3. The highest BCUT2D eigenvalue weighted by Crippen LogP contribution is 2.60. The second kappa shape index (κ2) is 9.31. The van der Waals surface area contributed by atoms with Gasteiger partial charge in [-0.25, -0.2) is 4.48 Å². The van der Waals surface area contributed by atoms with Crippen LogP contribution in [0.4, 0.5) is 17.1 Å². The van der Waals surface area contributed by atoms with Crippen molar-refractivity contribution in [3.63, 3.8) is 0 Å². The molecule has 0 N–H and O–H groups in total. The number of benzene rings is 7. The Bertz CT molecular complexity index is 2640. The molecule has 0 bridgehead atoms. The van der Waals surface area contributed by atoms with Crippen LogP contribution in [0.15, 0.2) is 162 Å². The van der Waals surface area contributed by atoms with Crippen molar-refractivity contribution in [2.45, 2.75) is 0 Å². The van der Waals surface area contributed by atoms with E-state index < -0.39 is 0 Å². The first-order valence-electron chi connectivity index (χ1n) is 15.8. The molecule has 2 aromatic heterocycles. The fraction of sp³-hybridized carbons (Fsp3) is 0.0233. The van der Waals surface area contributed by atoms with Crippen molar-refractivity contribution in [2.24, 2.45) is 0 Å². The van der Waals surface area contributed by atoms with Crippen LogP contribution in [-0.2, 0) is 0 Å². The van der Waals surface area contributed by atoms with Crippen LogP contribution in [0.25, 0.3) is 71.7 Å². The fourth-order valence-electron chi connectivity index (χ4n) is 7.92. The average molecular weight is 590 g/mol. The Balaban J connectivity index is 1.25. The lowest BCUT2D eigenvalue weighted by molar-refractivity contribution is 0.647. The second-order valence-corrected chi connectivity index (χ2v) is 12.4. The molecule has 10 rings (SSSR count). The van der Waals surface area contributed by atoms with Crippen molar-refractivity contribution in [2.75, 3.05) is 7.05 Å². The third kappa shape index (κ3) is 3.35. The minimum absolute atomic E-state index is 0.592.